The lowest BCUT2D eigenvalue weighted by Gasteiger charge is -2.29. The lowest BCUT2D eigenvalue weighted by Crippen LogP contribution is -2.51. The van der Waals surface area contributed by atoms with Crippen LogP contribution in [0.1, 0.15) is 0 Å². The van der Waals surface area contributed by atoms with Gasteiger partial charge in [-0.15, -0.1) is 19.0 Å². The van der Waals surface area contributed by atoms with E-state index in [9.17, 15) is 18.0 Å². The van der Waals surface area contributed by atoms with E-state index in [1.54, 1.807) is 0 Å². The Hall–Kier alpha value is -0.790. The van der Waals surface area contributed by atoms with Gasteiger partial charge in [0.05, 0.1) is 6.61 Å². The van der Waals surface area contributed by atoms with E-state index in [1.807, 2.05) is 0 Å². The molecular weight excluding hydrogens is 273 g/mol. The fraction of sp³-hybridized carbons (Fsp3) is 0.700. The smallest absolute Gasteiger partial charge is 0.366 e. The maximum Gasteiger partial charge on any atom is 0.406 e. The highest BCUT2D eigenvalue weighted by Crippen LogP contribution is 2.17. The molecule has 1 rings (SSSR count). The van der Waals surface area contributed by atoms with E-state index in [4.69, 9.17) is 4.74 Å². The molecule has 0 bridgehead atoms. The molecule has 106 valence electrons. The van der Waals surface area contributed by atoms with Crippen LogP contribution in [0.25, 0.3) is 0 Å². The van der Waals surface area contributed by atoms with Crippen molar-refractivity contribution < 1.29 is 22.7 Å². The van der Waals surface area contributed by atoms with E-state index in [0.717, 1.165) is 0 Å². The fourth-order valence-corrected chi connectivity index (χ4v) is 1.53. The summed E-state index contributed by atoms with van der Waals surface area (Å²) in [5.41, 5.74) is 0. The Morgan fingerprint density at radius 3 is 2.67 bits per heavy atom. The number of carbonyl (C=O) groups is 1. The second-order valence-electron chi connectivity index (χ2n) is 3.69. The number of alkyl halides is 3. The zero-order valence-electron chi connectivity index (χ0n) is 9.70. The van der Waals surface area contributed by atoms with Gasteiger partial charge in [-0.1, -0.05) is 6.08 Å². The Kier molecular flexibility index (Phi) is 7.27. The van der Waals surface area contributed by atoms with Crippen LogP contribution in [0, 0.1) is 0 Å². The van der Waals surface area contributed by atoms with Gasteiger partial charge < -0.3 is 15.0 Å². The largest absolute Gasteiger partial charge is 0.406 e. The molecule has 1 aliphatic heterocycles. The zero-order valence-corrected chi connectivity index (χ0v) is 10.5. The maximum absolute atomic E-state index is 12.3. The van der Waals surface area contributed by atoms with E-state index in [2.05, 4.69) is 11.9 Å². The molecule has 0 aromatic rings. The van der Waals surface area contributed by atoms with Crippen LogP contribution < -0.4 is 5.32 Å². The normalized spacial score (nSPS) is 19.8. The first kappa shape index (κ1) is 17.2. The van der Waals surface area contributed by atoms with Gasteiger partial charge >= 0.3 is 6.18 Å². The molecule has 0 radical (unpaired) electrons. The number of nitrogens with one attached hydrogen (secondary N) is 1. The average Bonchev–Trinajstić information content (AvgIpc) is 2.27. The molecule has 1 fully saturated rings. The summed E-state index contributed by atoms with van der Waals surface area (Å²) in [5, 5.41) is 2.90. The Morgan fingerprint density at radius 2 is 2.22 bits per heavy atom. The number of amides is 1. The van der Waals surface area contributed by atoms with Gasteiger partial charge in [0.25, 0.3) is 5.91 Å². The third-order valence-electron chi connectivity index (χ3n) is 2.23. The van der Waals surface area contributed by atoms with Crippen LogP contribution in [-0.2, 0) is 9.53 Å². The molecule has 0 aromatic heterocycles. The van der Waals surface area contributed by atoms with Crippen LogP contribution in [0.4, 0.5) is 13.2 Å². The fourth-order valence-electron chi connectivity index (χ4n) is 1.53. The topological polar surface area (TPSA) is 41.6 Å². The molecule has 4 nitrogen and oxygen atoms in total. The molecule has 18 heavy (non-hydrogen) atoms. The van der Waals surface area contributed by atoms with Gasteiger partial charge in [0.1, 0.15) is 12.6 Å². The van der Waals surface area contributed by atoms with Crippen LogP contribution >= 0.6 is 12.4 Å². The quantitative estimate of drug-likeness (QED) is 0.784. The van der Waals surface area contributed by atoms with Gasteiger partial charge in [0.15, 0.2) is 0 Å². The number of carbonyl (C=O) groups excluding carboxylic acids is 1. The summed E-state index contributed by atoms with van der Waals surface area (Å²) < 4.78 is 41.9. The number of hydrogen-bond acceptors (Lipinski definition) is 3. The molecule has 1 atom stereocenters. The molecule has 1 heterocycles. The summed E-state index contributed by atoms with van der Waals surface area (Å²) in [6.45, 7) is 3.09. The molecule has 1 aliphatic rings. The minimum Gasteiger partial charge on any atom is -0.366 e. The van der Waals surface area contributed by atoms with Gasteiger partial charge in [0, 0.05) is 19.6 Å². The summed E-state index contributed by atoms with van der Waals surface area (Å²) in [6, 6.07) is 0. The molecule has 8 heteroatoms. The standard InChI is InChI=1S/C10H15F3N2O2.ClH/c1-2-4-15(7-10(11,12)13)9(16)8-6-14-3-5-17-8;/h2,8,14H,1,3-7H2;1H. The Morgan fingerprint density at radius 1 is 1.56 bits per heavy atom. The molecular formula is C10H16ClF3N2O2. The van der Waals surface area contributed by atoms with Crippen LogP contribution in [0.5, 0.6) is 0 Å². The summed E-state index contributed by atoms with van der Waals surface area (Å²) in [4.78, 5) is 12.5. The monoisotopic (exact) mass is 288 g/mol. The second kappa shape index (κ2) is 7.60. The Bertz CT molecular complexity index is 281. The number of hydrogen-bond donors (Lipinski definition) is 1. The second-order valence-corrected chi connectivity index (χ2v) is 3.69. The average molecular weight is 289 g/mol. The van der Waals surface area contributed by atoms with Crippen LogP contribution in [0.3, 0.4) is 0 Å². The van der Waals surface area contributed by atoms with E-state index < -0.39 is 24.7 Å². The molecule has 0 saturated carbocycles. The highest BCUT2D eigenvalue weighted by atomic mass is 35.5. The van der Waals surface area contributed by atoms with Crippen molar-refractivity contribution in [1.82, 2.24) is 10.2 Å². The number of morpholine rings is 1. The van der Waals surface area contributed by atoms with Crippen LogP contribution in [0.2, 0.25) is 0 Å². The number of ether oxygens (including phenoxy) is 1. The Labute approximate surface area is 110 Å². The van der Waals surface area contributed by atoms with Crippen molar-refractivity contribution in [3.63, 3.8) is 0 Å². The molecule has 1 unspecified atom stereocenters. The minimum absolute atomic E-state index is 0. The lowest BCUT2D eigenvalue weighted by atomic mass is 10.2. The van der Waals surface area contributed by atoms with Crippen LogP contribution in [-0.4, -0.2) is 55.9 Å². The highest BCUT2D eigenvalue weighted by Gasteiger charge is 2.35. The third-order valence-corrected chi connectivity index (χ3v) is 2.23. The predicted molar refractivity (Wildman–Crippen MR) is 62.7 cm³/mol. The highest BCUT2D eigenvalue weighted by molar-refractivity contribution is 5.85. The van der Waals surface area contributed by atoms with Gasteiger partial charge in [-0.25, -0.2) is 0 Å². The van der Waals surface area contributed by atoms with Crippen molar-refractivity contribution >= 4 is 18.3 Å². The summed E-state index contributed by atoms with van der Waals surface area (Å²) in [6.07, 6.45) is -3.99. The molecule has 0 aliphatic carbocycles. The van der Waals surface area contributed by atoms with E-state index in [0.29, 0.717) is 18.1 Å². The minimum atomic E-state index is -4.42. The molecule has 1 amide bonds. The first-order valence-corrected chi connectivity index (χ1v) is 5.23. The number of nitrogens with zero attached hydrogens (tertiary/aromatic N) is 1. The summed E-state index contributed by atoms with van der Waals surface area (Å²) >= 11 is 0. The summed E-state index contributed by atoms with van der Waals surface area (Å²) in [5.74, 6) is -0.658. The SMILES string of the molecule is C=CCN(CC(F)(F)F)C(=O)C1CNCCO1.Cl. The van der Waals surface area contributed by atoms with E-state index in [1.165, 1.54) is 6.08 Å². The predicted octanol–water partition coefficient (Wildman–Crippen LogP) is 0.973. The van der Waals surface area contributed by atoms with Crippen molar-refractivity contribution in [2.75, 3.05) is 32.8 Å². The van der Waals surface area contributed by atoms with Gasteiger partial charge in [0.2, 0.25) is 0 Å². The van der Waals surface area contributed by atoms with Gasteiger partial charge in [-0.2, -0.15) is 13.2 Å². The van der Waals surface area contributed by atoms with Crippen molar-refractivity contribution in [2.24, 2.45) is 0 Å². The van der Waals surface area contributed by atoms with Crippen molar-refractivity contribution in [3.8, 4) is 0 Å². The lowest BCUT2D eigenvalue weighted by molar-refractivity contribution is -0.168. The van der Waals surface area contributed by atoms with Crippen molar-refractivity contribution in [1.29, 1.82) is 0 Å². The summed E-state index contributed by atoms with van der Waals surface area (Å²) in [7, 11) is 0. The molecule has 1 saturated heterocycles. The van der Waals surface area contributed by atoms with E-state index in [-0.39, 0.29) is 25.5 Å². The van der Waals surface area contributed by atoms with Crippen molar-refractivity contribution in [3.05, 3.63) is 12.7 Å². The first-order valence-electron chi connectivity index (χ1n) is 5.23. The molecule has 1 N–H and O–H groups in total. The van der Waals surface area contributed by atoms with Gasteiger partial charge in [-0.3, -0.25) is 4.79 Å². The number of halogens is 4. The first-order chi connectivity index (χ1) is 7.94. The maximum atomic E-state index is 12.3. The molecule has 0 aromatic carbocycles. The van der Waals surface area contributed by atoms with E-state index >= 15 is 0 Å². The number of rotatable bonds is 4. The van der Waals surface area contributed by atoms with Gasteiger partial charge in [-0.05, 0) is 0 Å². The van der Waals surface area contributed by atoms with Crippen molar-refractivity contribution in [2.45, 2.75) is 12.3 Å². The Balaban J connectivity index is 0.00000289. The third kappa shape index (κ3) is 5.70. The zero-order chi connectivity index (χ0) is 12.9. The van der Waals surface area contributed by atoms with Crippen LogP contribution in [0.15, 0.2) is 12.7 Å². The molecule has 0 spiro atoms.